The predicted octanol–water partition coefficient (Wildman–Crippen LogP) is 4.59. The summed E-state index contributed by atoms with van der Waals surface area (Å²) in [4.78, 5) is 0.559. The molecule has 0 spiro atoms. The van der Waals surface area contributed by atoms with E-state index >= 15 is 0 Å². The van der Waals surface area contributed by atoms with Crippen LogP contribution in [-0.4, -0.2) is 17.5 Å². The minimum atomic E-state index is -0.0463. The summed E-state index contributed by atoms with van der Waals surface area (Å²) in [6.07, 6.45) is 3.35. The Balaban J connectivity index is 2.02. The summed E-state index contributed by atoms with van der Waals surface area (Å²) in [6, 6.07) is 6.18. The van der Waals surface area contributed by atoms with E-state index in [9.17, 15) is 0 Å². The number of rotatable bonds is 1. The second-order valence-electron chi connectivity index (χ2n) is 6.97. The average molecular weight is 339 g/mol. The number of halogens is 1. The highest BCUT2D eigenvalue weighted by atomic mass is 79.9. The summed E-state index contributed by atoms with van der Waals surface area (Å²) >= 11 is 3.88. The molecule has 1 aliphatic heterocycles. The Kier molecular flexibility index (Phi) is 3.32. The second kappa shape index (κ2) is 4.66. The third-order valence-electron chi connectivity index (χ3n) is 5.37. The van der Waals surface area contributed by atoms with Crippen molar-refractivity contribution < 1.29 is 9.47 Å². The van der Waals surface area contributed by atoms with Gasteiger partial charge in [0.25, 0.3) is 0 Å². The Bertz CT molecular complexity index is 526. The van der Waals surface area contributed by atoms with Gasteiger partial charge in [0.05, 0.1) is 7.11 Å². The van der Waals surface area contributed by atoms with Crippen LogP contribution in [0, 0.1) is 11.3 Å². The summed E-state index contributed by atoms with van der Waals surface area (Å²) in [5.41, 5.74) is 1.46. The van der Waals surface area contributed by atoms with E-state index in [1.54, 1.807) is 7.11 Å². The molecule has 3 atom stereocenters. The molecule has 0 aromatic heterocycles. The molecular weight excluding hydrogens is 316 g/mol. The van der Waals surface area contributed by atoms with Crippen LogP contribution in [0.15, 0.2) is 18.2 Å². The Morgan fingerprint density at radius 2 is 2.05 bits per heavy atom. The zero-order valence-corrected chi connectivity index (χ0v) is 14.3. The van der Waals surface area contributed by atoms with Crippen molar-refractivity contribution in [1.29, 1.82) is 0 Å². The molecule has 1 aliphatic carbocycles. The molecular formula is C17H23BrO2. The van der Waals surface area contributed by atoms with E-state index in [-0.39, 0.29) is 11.0 Å². The summed E-state index contributed by atoms with van der Waals surface area (Å²) < 4.78 is 11.8. The van der Waals surface area contributed by atoms with Gasteiger partial charge in [0.2, 0.25) is 0 Å². The SMILES string of the molecule is COc1ccc2c(c1)C[C@H]1C(C)(C)[C@@H](Br)CC[C@]1(C)O2. The molecule has 3 heteroatoms. The second-order valence-corrected chi connectivity index (χ2v) is 8.08. The summed E-state index contributed by atoms with van der Waals surface area (Å²) in [5, 5.41) is 0. The van der Waals surface area contributed by atoms with Crippen molar-refractivity contribution in [2.45, 2.75) is 50.5 Å². The van der Waals surface area contributed by atoms with Crippen LogP contribution in [0.4, 0.5) is 0 Å². The fraction of sp³-hybridized carbons (Fsp3) is 0.647. The number of benzene rings is 1. The lowest BCUT2D eigenvalue weighted by atomic mass is 9.59. The molecule has 3 rings (SSSR count). The Hall–Kier alpha value is -0.700. The first-order chi connectivity index (χ1) is 9.37. The fourth-order valence-corrected chi connectivity index (χ4v) is 4.53. The van der Waals surface area contributed by atoms with Gasteiger partial charge in [0.1, 0.15) is 17.1 Å². The number of fused-ring (bicyclic) bond motifs is 2. The lowest BCUT2D eigenvalue weighted by Crippen LogP contribution is -2.57. The van der Waals surface area contributed by atoms with Gasteiger partial charge >= 0.3 is 0 Å². The molecule has 1 aromatic carbocycles. The molecule has 0 unspecified atom stereocenters. The molecule has 1 aromatic rings. The molecule has 1 fully saturated rings. The van der Waals surface area contributed by atoms with Gasteiger partial charge in [-0.15, -0.1) is 0 Å². The quantitative estimate of drug-likeness (QED) is 0.697. The first kappa shape index (κ1) is 14.2. The van der Waals surface area contributed by atoms with Crippen molar-refractivity contribution in [3.63, 3.8) is 0 Å². The summed E-state index contributed by atoms with van der Waals surface area (Å²) in [7, 11) is 1.72. The minimum Gasteiger partial charge on any atom is -0.497 e. The van der Waals surface area contributed by atoms with Crippen molar-refractivity contribution >= 4 is 15.9 Å². The molecule has 20 heavy (non-hydrogen) atoms. The van der Waals surface area contributed by atoms with E-state index in [1.165, 1.54) is 12.0 Å². The van der Waals surface area contributed by atoms with Gasteiger partial charge in [0.15, 0.2) is 0 Å². The molecule has 0 amide bonds. The van der Waals surface area contributed by atoms with Gasteiger partial charge in [-0.05, 0) is 55.4 Å². The molecule has 1 saturated carbocycles. The molecule has 1 heterocycles. The van der Waals surface area contributed by atoms with Gasteiger partial charge < -0.3 is 9.47 Å². The monoisotopic (exact) mass is 338 g/mol. The van der Waals surface area contributed by atoms with E-state index in [4.69, 9.17) is 9.47 Å². The van der Waals surface area contributed by atoms with Crippen LogP contribution in [-0.2, 0) is 6.42 Å². The van der Waals surface area contributed by atoms with E-state index in [1.807, 2.05) is 6.07 Å². The van der Waals surface area contributed by atoms with E-state index < -0.39 is 0 Å². The van der Waals surface area contributed by atoms with Crippen LogP contribution in [0.5, 0.6) is 11.5 Å². The van der Waals surface area contributed by atoms with Gasteiger partial charge in [-0.1, -0.05) is 29.8 Å². The zero-order valence-electron chi connectivity index (χ0n) is 12.7. The molecule has 2 aliphatic rings. The van der Waals surface area contributed by atoms with E-state index in [2.05, 4.69) is 48.8 Å². The van der Waals surface area contributed by atoms with Crippen molar-refractivity contribution in [1.82, 2.24) is 0 Å². The highest BCUT2D eigenvalue weighted by molar-refractivity contribution is 9.09. The summed E-state index contributed by atoms with van der Waals surface area (Å²) in [5.74, 6) is 2.47. The first-order valence-corrected chi connectivity index (χ1v) is 8.28. The predicted molar refractivity (Wildman–Crippen MR) is 85.0 cm³/mol. The van der Waals surface area contributed by atoms with Gasteiger partial charge in [-0.2, -0.15) is 0 Å². The van der Waals surface area contributed by atoms with Crippen molar-refractivity contribution in [3.05, 3.63) is 23.8 Å². The maximum absolute atomic E-state index is 6.43. The third kappa shape index (κ3) is 2.05. The van der Waals surface area contributed by atoms with Crippen LogP contribution >= 0.6 is 15.9 Å². The van der Waals surface area contributed by atoms with Crippen LogP contribution < -0.4 is 9.47 Å². The Morgan fingerprint density at radius 1 is 1.30 bits per heavy atom. The molecule has 2 nitrogen and oxygen atoms in total. The van der Waals surface area contributed by atoms with Crippen molar-refractivity contribution in [2.24, 2.45) is 11.3 Å². The number of methoxy groups -OCH3 is 1. The number of hydrogen-bond donors (Lipinski definition) is 0. The highest BCUT2D eigenvalue weighted by Crippen LogP contribution is 2.55. The van der Waals surface area contributed by atoms with Crippen LogP contribution in [0.1, 0.15) is 39.2 Å². The largest absolute Gasteiger partial charge is 0.497 e. The van der Waals surface area contributed by atoms with E-state index in [0.29, 0.717) is 10.7 Å². The minimum absolute atomic E-state index is 0.0463. The molecule has 0 bridgehead atoms. The first-order valence-electron chi connectivity index (χ1n) is 7.37. The Morgan fingerprint density at radius 3 is 2.75 bits per heavy atom. The maximum Gasteiger partial charge on any atom is 0.123 e. The van der Waals surface area contributed by atoms with Gasteiger partial charge in [-0.25, -0.2) is 0 Å². The number of ether oxygens (including phenoxy) is 2. The van der Waals surface area contributed by atoms with E-state index in [0.717, 1.165) is 24.3 Å². The Labute approximate surface area is 130 Å². The molecule has 0 saturated heterocycles. The molecule has 110 valence electrons. The summed E-state index contributed by atoms with van der Waals surface area (Å²) in [6.45, 7) is 7.01. The zero-order chi connectivity index (χ0) is 14.5. The number of hydrogen-bond acceptors (Lipinski definition) is 2. The highest BCUT2D eigenvalue weighted by Gasteiger charge is 2.54. The van der Waals surface area contributed by atoms with Gasteiger partial charge in [-0.3, -0.25) is 0 Å². The normalized spacial score (nSPS) is 34.6. The average Bonchev–Trinajstić information content (AvgIpc) is 2.42. The van der Waals surface area contributed by atoms with Crippen molar-refractivity contribution in [3.8, 4) is 11.5 Å². The molecule has 0 radical (unpaired) electrons. The maximum atomic E-state index is 6.43. The van der Waals surface area contributed by atoms with Crippen molar-refractivity contribution in [2.75, 3.05) is 7.11 Å². The standard InChI is InChI=1S/C17H23BrO2/c1-16(2)14-10-11-9-12(19-4)5-6-13(11)20-17(14,3)8-7-15(16)18/h5-6,9,14-15H,7-8,10H2,1-4H3/t14-,15-,17-/m0/s1. The van der Waals surface area contributed by atoms with Crippen LogP contribution in [0.2, 0.25) is 0 Å². The van der Waals surface area contributed by atoms with Crippen LogP contribution in [0.25, 0.3) is 0 Å². The van der Waals surface area contributed by atoms with Crippen LogP contribution in [0.3, 0.4) is 0 Å². The third-order valence-corrected chi connectivity index (χ3v) is 7.01. The smallest absolute Gasteiger partial charge is 0.123 e. The number of alkyl halides is 1. The fourth-order valence-electron chi connectivity index (χ4n) is 3.98. The lowest BCUT2D eigenvalue weighted by molar-refractivity contribution is -0.0773. The van der Waals surface area contributed by atoms with Gasteiger partial charge in [0, 0.05) is 10.7 Å². The lowest BCUT2D eigenvalue weighted by Gasteiger charge is -2.55. The topological polar surface area (TPSA) is 18.5 Å². The molecule has 0 N–H and O–H groups in total.